The number of hydrogen-bond donors (Lipinski definition) is 6. The minimum Gasteiger partial charge on any atom is -0.488 e. The first kappa shape index (κ1) is 35.4. The number of fused-ring (bicyclic) bond motifs is 1. The highest BCUT2D eigenvalue weighted by Crippen LogP contribution is 2.37. The molecule has 0 bridgehead atoms. The van der Waals surface area contributed by atoms with Gasteiger partial charge in [-0.15, -0.1) is 0 Å². The molecule has 0 radical (unpaired) electrons. The van der Waals surface area contributed by atoms with Gasteiger partial charge in [0.1, 0.15) is 62.1 Å². The Morgan fingerprint density at radius 2 is 1.48 bits per heavy atom. The first-order chi connectivity index (χ1) is 23.2. The van der Waals surface area contributed by atoms with Crippen LogP contribution in [0.1, 0.15) is 22.3 Å². The molecule has 0 saturated heterocycles. The molecule has 1 aliphatic heterocycles. The van der Waals surface area contributed by atoms with Crippen LogP contribution in [-0.2, 0) is 19.8 Å². The van der Waals surface area contributed by atoms with Crippen LogP contribution in [0, 0.1) is 12.7 Å². The lowest BCUT2D eigenvalue weighted by Gasteiger charge is -2.26. The van der Waals surface area contributed by atoms with Crippen LogP contribution in [-0.4, -0.2) is 76.3 Å². The molecule has 0 amide bonds. The van der Waals surface area contributed by atoms with E-state index in [0.717, 1.165) is 22.3 Å². The summed E-state index contributed by atoms with van der Waals surface area (Å²) >= 11 is 6.66. The number of hydrogen-bond acceptors (Lipinski definition) is 10. The summed E-state index contributed by atoms with van der Waals surface area (Å²) in [5.41, 5.74) is 4.83. The van der Waals surface area contributed by atoms with Gasteiger partial charge in [-0.25, -0.2) is 4.39 Å². The molecule has 0 saturated carbocycles. The minimum absolute atomic E-state index is 0.0794. The molecule has 0 unspecified atom stereocenters. The van der Waals surface area contributed by atoms with Gasteiger partial charge in [-0.1, -0.05) is 54.1 Å². The van der Waals surface area contributed by atoms with Gasteiger partial charge in [0.2, 0.25) is 0 Å². The maximum atomic E-state index is 14.4. The molecule has 5 rings (SSSR count). The van der Waals surface area contributed by atoms with Crippen LogP contribution in [0.3, 0.4) is 0 Å². The third-order valence-corrected chi connectivity index (χ3v) is 8.43. The molecule has 10 nitrogen and oxygen atoms in total. The largest absolute Gasteiger partial charge is 0.488 e. The highest BCUT2D eigenvalue weighted by molar-refractivity contribution is 6.32. The van der Waals surface area contributed by atoms with Crippen LogP contribution in [0.2, 0.25) is 5.02 Å². The Morgan fingerprint density at radius 1 is 0.792 bits per heavy atom. The quantitative estimate of drug-likeness (QED) is 0.109. The Balaban J connectivity index is 1.32. The molecule has 1 aliphatic rings. The fraction of sp³-hybridized carbons (Fsp3) is 0.333. The highest BCUT2D eigenvalue weighted by Gasteiger charge is 2.29. The van der Waals surface area contributed by atoms with Crippen LogP contribution < -0.4 is 24.3 Å². The van der Waals surface area contributed by atoms with Crippen molar-refractivity contribution in [3.05, 3.63) is 106 Å². The van der Waals surface area contributed by atoms with Crippen molar-refractivity contribution in [1.82, 2.24) is 5.32 Å². The average Bonchev–Trinajstić information content (AvgIpc) is 3.10. The molecule has 4 aromatic carbocycles. The summed E-state index contributed by atoms with van der Waals surface area (Å²) in [7, 11) is 0. The van der Waals surface area contributed by atoms with E-state index in [9.17, 15) is 24.8 Å². The summed E-state index contributed by atoms with van der Waals surface area (Å²) in [6.45, 7) is 2.28. The Bertz CT molecular complexity index is 1690. The maximum absolute atomic E-state index is 14.4. The molecule has 0 aliphatic carbocycles. The van der Waals surface area contributed by atoms with Crippen molar-refractivity contribution in [3.8, 4) is 34.1 Å². The van der Waals surface area contributed by atoms with Gasteiger partial charge in [0, 0.05) is 30.3 Å². The van der Waals surface area contributed by atoms with Crippen molar-refractivity contribution >= 4 is 11.6 Å². The third kappa shape index (κ3) is 8.55. The van der Waals surface area contributed by atoms with Gasteiger partial charge in [0.05, 0.1) is 17.7 Å². The minimum atomic E-state index is -1.75. The maximum Gasteiger partial charge on any atom is 0.161 e. The lowest BCUT2D eigenvalue weighted by Crippen LogP contribution is -2.48. The van der Waals surface area contributed by atoms with Gasteiger partial charge in [-0.05, 0) is 53.4 Å². The lowest BCUT2D eigenvalue weighted by molar-refractivity contribution is -0.114. The fourth-order valence-corrected chi connectivity index (χ4v) is 5.53. The zero-order chi connectivity index (χ0) is 34.2. The number of aliphatic hydroxyl groups is 5. The van der Waals surface area contributed by atoms with Gasteiger partial charge in [0.15, 0.2) is 11.5 Å². The average molecular weight is 684 g/mol. The van der Waals surface area contributed by atoms with E-state index in [-0.39, 0.29) is 31.3 Å². The molecule has 256 valence electrons. The second kappa shape index (κ2) is 16.4. The van der Waals surface area contributed by atoms with E-state index in [4.69, 9.17) is 35.7 Å². The number of halogens is 2. The number of benzene rings is 4. The van der Waals surface area contributed by atoms with Crippen molar-refractivity contribution in [1.29, 1.82) is 0 Å². The van der Waals surface area contributed by atoms with Gasteiger partial charge in [0.25, 0.3) is 0 Å². The van der Waals surface area contributed by atoms with Crippen molar-refractivity contribution in [2.24, 2.45) is 0 Å². The van der Waals surface area contributed by atoms with Crippen LogP contribution in [0.15, 0.2) is 72.8 Å². The van der Waals surface area contributed by atoms with Crippen molar-refractivity contribution in [3.63, 3.8) is 0 Å². The van der Waals surface area contributed by atoms with Crippen LogP contribution >= 0.6 is 11.6 Å². The Labute approximate surface area is 282 Å². The van der Waals surface area contributed by atoms with Gasteiger partial charge in [-0.2, -0.15) is 0 Å². The number of nitrogens with one attached hydrogen (secondary N) is 1. The summed E-state index contributed by atoms with van der Waals surface area (Å²) in [5.74, 6) is 1.68. The van der Waals surface area contributed by atoms with Crippen molar-refractivity contribution in [2.75, 3.05) is 26.4 Å². The third-order valence-electron chi connectivity index (χ3n) is 8.13. The first-order valence-corrected chi connectivity index (χ1v) is 15.9. The molecule has 4 atom stereocenters. The van der Waals surface area contributed by atoms with Crippen molar-refractivity contribution in [2.45, 2.75) is 51.1 Å². The standard InChI is InChI=1S/C36H39ClFNO9/c1-21-23(6-4-7-26(21)22-9-10-31-34(14-22)46-12-11-45-31)19-48-33-15-32(47-20-24-5-2-3-8-28(24)38)25(13-27(33)37)16-39-17-29(41)35(43)36(44)30(42)18-40/h2-10,13-15,29-30,35-36,39-44H,11-12,16-20H2,1H3/t29-,30+,35+,36+/m0/s1. The molecule has 1 heterocycles. The predicted molar refractivity (Wildman–Crippen MR) is 177 cm³/mol. The topological polar surface area (TPSA) is 150 Å². The number of rotatable bonds is 15. The normalized spacial score (nSPS) is 15.0. The monoisotopic (exact) mass is 683 g/mol. The zero-order valence-corrected chi connectivity index (χ0v) is 27.1. The van der Waals surface area contributed by atoms with Crippen LogP contribution in [0.4, 0.5) is 4.39 Å². The second-order valence-electron chi connectivity index (χ2n) is 11.4. The Kier molecular flexibility index (Phi) is 12.1. The predicted octanol–water partition coefficient (Wildman–Crippen LogP) is 3.91. The highest BCUT2D eigenvalue weighted by atomic mass is 35.5. The molecular weight excluding hydrogens is 645 g/mol. The van der Waals surface area contributed by atoms with E-state index in [2.05, 4.69) is 5.32 Å². The summed E-state index contributed by atoms with van der Waals surface area (Å²) in [6.07, 6.45) is -6.54. The molecule has 0 spiro atoms. The van der Waals surface area contributed by atoms with E-state index in [1.807, 2.05) is 43.3 Å². The van der Waals surface area contributed by atoms with E-state index in [1.54, 1.807) is 30.3 Å². The fourth-order valence-electron chi connectivity index (χ4n) is 5.29. The van der Waals surface area contributed by atoms with E-state index in [0.29, 0.717) is 47.3 Å². The second-order valence-corrected chi connectivity index (χ2v) is 11.8. The molecule has 4 aromatic rings. The molecule has 48 heavy (non-hydrogen) atoms. The Hall–Kier alpha value is -3.94. The number of aliphatic hydroxyl groups excluding tert-OH is 5. The summed E-state index contributed by atoms with van der Waals surface area (Å²) in [5, 5.41) is 52.2. The summed E-state index contributed by atoms with van der Waals surface area (Å²) in [4.78, 5) is 0. The van der Waals surface area contributed by atoms with Gasteiger partial charge in [-0.3, -0.25) is 0 Å². The van der Waals surface area contributed by atoms with E-state index in [1.165, 1.54) is 6.07 Å². The molecule has 6 N–H and O–H groups in total. The number of ether oxygens (including phenoxy) is 4. The van der Waals surface area contributed by atoms with Crippen molar-refractivity contribution < 1.29 is 48.9 Å². The SMILES string of the molecule is Cc1c(COc2cc(OCc3ccccc3F)c(CNC[C@H](O)[C@@H](O)[C@H](O)[C@H](O)CO)cc2Cl)cccc1-c1ccc2c(c1)OCCO2. The molecule has 12 heteroatoms. The van der Waals surface area contributed by atoms with Crippen LogP contribution in [0.25, 0.3) is 11.1 Å². The first-order valence-electron chi connectivity index (χ1n) is 15.5. The van der Waals surface area contributed by atoms with Crippen LogP contribution in [0.5, 0.6) is 23.0 Å². The van der Waals surface area contributed by atoms with Gasteiger partial charge < -0.3 is 49.8 Å². The smallest absolute Gasteiger partial charge is 0.161 e. The van der Waals surface area contributed by atoms with E-state index >= 15 is 0 Å². The summed E-state index contributed by atoms with van der Waals surface area (Å²) < 4.78 is 38.0. The van der Waals surface area contributed by atoms with E-state index < -0.39 is 36.8 Å². The lowest BCUT2D eigenvalue weighted by atomic mass is 9.96. The zero-order valence-electron chi connectivity index (χ0n) is 26.3. The molecule has 0 aromatic heterocycles. The molecule has 0 fully saturated rings. The summed E-state index contributed by atoms with van der Waals surface area (Å²) in [6, 6.07) is 21.3. The van der Waals surface area contributed by atoms with Gasteiger partial charge >= 0.3 is 0 Å². The Morgan fingerprint density at radius 3 is 2.25 bits per heavy atom. The molecular formula is C36H39ClFNO9.